The standard InChI is InChI=1S/C21H21ClN2O4/c1-14(20(26)23-18-6-3-2-5-17(18)22)28-21(27)16-10-8-15(9-11-16)13-24-12-4-7-19(24)25/h2-3,5-6,8-11,14H,4,7,12-13H2,1H3,(H,23,26). The second kappa shape index (κ2) is 8.89. The quantitative estimate of drug-likeness (QED) is 0.751. The van der Waals surface area contributed by atoms with Crippen LogP contribution in [0, 0.1) is 0 Å². The van der Waals surface area contributed by atoms with Crippen LogP contribution in [0.25, 0.3) is 0 Å². The van der Waals surface area contributed by atoms with Crippen LogP contribution in [0.4, 0.5) is 5.69 Å². The molecule has 1 aliphatic rings. The highest BCUT2D eigenvalue weighted by Gasteiger charge is 2.21. The lowest BCUT2D eigenvalue weighted by atomic mass is 10.1. The number of benzene rings is 2. The number of anilines is 1. The molecule has 0 aromatic heterocycles. The second-order valence-corrected chi connectivity index (χ2v) is 7.04. The molecule has 1 fully saturated rings. The summed E-state index contributed by atoms with van der Waals surface area (Å²) >= 11 is 6.01. The van der Waals surface area contributed by atoms with Gasteiger partial charge in [-0.05, 0) is 43.2 Å². The summed E-state index contributed by atoms with van der Waals surface area (Å²) in [4.78, 5) is 38.0. The third-order valence-corrected chi connectivity index (χ3v) is 4.85. The molecule has 2 aromatic carbocycles. The first-order valence-electron chi connectivity index (χ1n) is 9.07. The van der Waals surface area contributed by atoms with E-state index < -0.39 is 18.0 Å². The van der Waals surface area contributed by atoms with E-state index >= 15 is 0 Å². The van der Waals surface area contributed by atoms with Crippen LogP contribution in [-0.4, -0.2) is 35.3 Å². The number of likely N-dealkylation sites (tertiary alicyclic amines) is 1. The molecule has 146 valence electrons. The molecule has 3 rings (SSSR count). The first kappa shape index (κ1) is 19.9. The summed E-state index contributed by atoms with van der Waals surface area (Å²) in [5.41, 5.74) is 1.74. The minimum atomic E-state index is -0.981. The number of rotatable bonds is 6. The van der Waals surface area contributed by atoms with Crippen molar-refractivity contribution in [3.05, 3.63) is 64.7 Å². The molecule has 1 saturated heterocycles. The van der Waals surface area contributed by atoms with Crippen molar-refractivity contribution in [3.8, 4) is 0 Å². The fourth-order valence-electron chi connectivity index (χ4n) is 2.92. The van der Waals surface area contributed by atoms with Gasteiger partial charge in [0.15, 0.2) is 6.10 Å². The SMILES string of the molecule is CC(OC(=O)c1ccc(CN2CCCC2=O)cc1)C(=O)Nc1ccccc1Cl. The first-order chi connectivity index (χ1) is 13.4. The summed E-state index contributed by atoms with van der Waals surface area (Å²) in [7, 11) is 0. The number of amides is 2. The Morgan fingerprint density at radius 1 is 1.18 bits per heavy atom. The summed E-state index contributed by atoms with van der Waals surface area (Å²) in [6.07, 6.45) is 0.501. The molecule has 1 aliphatic heterocycles. The number of nitrogens with zero attached hydrogens (tertiary/aromatic N) is 1. The molecule has 0 spiro atoms. The van der Waals surface area contributed by atoms with Crippen molar-refractivity contribution in [1.82, 2.24) is 4.90 Å². The van der Waals surface area contributed by atoms with E-state index in [-0.39, 0.29) is 5.91 Å². The topological polar surface area (TPSA) is 75.7 Å². The van der Waals surface area contributed by atoms with E-state index in [4.69, 9.17) is 16.3 Å². The lowest BCUT2D eigenvalue weighted by Crippen LogP contribution is -2.30. The number of halogens is 1. The van der Waals surface area contributed by atoms with Gasteiger partial charge in [0.05, 0.1) is 16.3 Å². The Balaban J connectivity index is 1.55. The zero-order valence-electron chi connectivity index (χ0n) is 15.5. The third-order valence-electron chi connectivity index (χ3n) is 4.52. The molecule has 1 N–H and O–H groups in total. The number of carbonyl (C=O) groups excluding carboxylic acids is 3. The summed E-state index contributed by atoms with van der Waals surface area (Å²) < 4.78 is 5.24. The predicted molar refractivity (Wildman–Crippen MR) is 106 cm³/mol. The Morgan fingerprint density at radius 3 is 2.54 bits per heavy atom. The van der Waals surface area contributed by atoms with Crippen LogP contribution in [0.15, 0.2) is 48.5 Å². The Kier molecular flexibility index (Phi) is 6.31. The molecule has 1 atom stereocenters. The molecular formula is C21H21ClN2O4. The highest BCUT2D eigenvalue weighted by Crippen LogP contribution is 2.21. The number of ether oxygens (including phenoxy) is 1. The van der Waals surface area contributed by atoms with Gasteiger partial charge in [0.2, 0.25) is 5.91 Å². The van der Waals surface area contributed by atoms with E-state index in [2.05, 4.69) is 5.32 Å². The number of hydrogen-bond donors (Lipinski definition) is 1. The van der Waals surface area contributed by atoms with Crippen LogP contribution in [0.2, 0.25) is 5.02 Å². The minimum Gasteiger partial charge on any atom is -0.449 e. The van der Waals surface area contributed by atoms with Crippen LogP contribution in [0.5, 0.6) is 0 Å². The molecule has 28 heavy (non-hydrogen) atoms. The van der Waals surface area contributed by atoms with Gasteiger partial charge in [-0.3, -0.25) is 9.59 Å². The lowest BCUT2D eigenvalue weighted by Gasteiger charge is -2.16. The van der Waals surface area contributed by atoms with Gasteiger partial charge in [-0.15, -0.1) is 0 Å². The zero-order chi connectivity index (χ0) is 20.1. The monoisotopic (exact) mass is 400 g/mol. The van der Waals surface area contributed by atoms with Crippen molar-refractivity contribution in [1.29, 1.82) is 0 Å². The van der Waals surface area contributed by atoms with E-state index in [1.54, 1.807) is 53.4 Å². The average Bonchev–Trinajstić information content (AvgIpc) is 3.08. The van der Waals surface area contributed by atoms with Crippen LogP contribution in [-0.2, 0) is 20.9 Å². The highest BCUT2D eigenvalue weighted by atomic mass is 35.5. The summed E-state index contributed by atoms with van der Waals surface area (Å²) in [5.74, 6) is -0.905. The lowest BCUT2D eigenvalue weighted by molar-refractivity contribution is -0.128. The van der Waals surface area contributed by atoms with Gasteiger partial charge in [0.25, 0.3) is 5.91 Å². The van der Waals surface area contributed by atoms with Crippen molar-refractivity contribution in [3.63, 3.8) is 0 Å². The van der Waals surface area contributed by atoms with E-state index in [9.17, 15) is 14.4 Å². The van der Waals surface area contributed by atoms with Gasteiger partial charge < -0.3 is 15.0 Å². The number of carbonyl (C=O) groups is 3. The van der Waals surface area contributed by atoms with Gasteiger partial charge in [0.1, 0.15) is 0 Å². The number of esters is 1. The molecule has 2 amide bonds. The maximum atomic E-state index is 12.3. The van der Waals surface area contributed by atoms with Crippen LogP contribution >= 0.6 is 11.6 Å². The van der Waals surface area contributed by atoms with Crippen LogP contribution in [0.3, 0.4) is 0 Å². The molecule has 0 saturated carbocycles. The van der Waals surface area contributed by atoms with Gasteiger partial charge >= 0.3 is 5.97 Å². The Hall–Kier alpha value is -2.86. The Labute approximate surface area is 168 Å². The molecule has 1 unspecified atom stereocenters. The van der Waals surface area contributed by atoms with Crippen molar-refractivity contribution in [2.75, 3.05) is 11.9 Å². The van der Waals surface area contributed by atoms with Gasteiger partial charge in [-0.25, -0.2) is 4.79 Å². The van der Waals surface area contributed by atoms with Crippen molar-refractivity contribution in [2.45, 2.75) is 32.4 Å². The molecule has 6 nitrogen and oxygen atoms in total. The van der Waals surface area contributed by atoms with E-state index in [1.165, 1.54) is 6.92 Å². The summed E-state index contributed by atoms with van der Waals surface area (Å²) in [5, 5.41) is 3.04. The molecular weight excluding hydrogens is 380 g/mol. The molecule has 2 aromatic rings. The van der Waals surface area contributed by atoms with Crippen LogP contribution < -0.4 is 5.32 Å². The van der Waals surface area contributed by atoms with Gasteiger partial charge in [0, 0.05) is 19.5 Å². The molecule has 0 bridgehead atoms. The smallest absolute Gasteiger partial charge is 0.338 e. The van der Waals surface area contributed by atoms with Crippen LogP contribution in [0.1, 0.15) is 35.7 Å². The van der Waals surface area contributed by atoms with Crippen molar-refractivity contribution in [2.24, 2.45) is 0 Å². The Morgan fingerprint density at radius 2 is 1.89 bits per heavy atom. The molecule has 0 aliphatic carbocycles. The van der Waals surface area contributed by atoms with E-state index in [0.717, 1.165) is 18.5 Å². The summed E-state index contributed by atoms with van der Waals surface area (Å²) in [6.45, 7) is 2.79. The van der Waals surface area contributed by atoms with E-state index in [1.807, 2.05) is 0 Å². The highest BCUT2D eigenvalue weighted by molar-refractivity contribution is 6.33. The summed E-state index contributed by atoms with van der Waals surface area (Å²) in [6, 6.07) is 13.7. The largest absolute Gasteiger partial charge is 0.449 e. The Bertz CT molecular complexity index is 882. The maximum absolute atomic E-state index is 12.3. The normalized spacial score (nSPS) is 14.6. The number of nitrogens with one attached hydrogen (secondary N) is 1. The fourth-order valence-corrected chi connectivity index (χ4v) is 3.10. The molecule has 0 radical (unpaired) electrons. The average molecular weight is 401 g/mol. The van der Waals surface area contributed by atoms with Crippen molar-refractivity contribution >= 4 is 35.1 Å². The minimum absolute atomic E-state index is 0.154. The third kappa shape index (κ3) is 4.89. The van der Waals surface area contributed by atoms with Crippen molar-refractivity contribution < 1.29 is 19.1 Å². The van der Waals surface area contributed by atoms with Gasteiger partial charge in [-0.2, -0.15) is 0 Å². The number of para-hydroxylation sites is 1. The fraction of sp³-hybridized carbons (Fsp3) is 0.286. The second-order valence-electron chi connectivity index (χ2n) is 6.63. The molecule has 1 heterocycles. The predicted octanol–water partition coefficient (Wildman–Crippen LogP) is 3.65. The maximum Gasteiger partial charge on any atom is 0.338 e. The molecule has 7 heteroatoms. The first-order valence-corrected chi connectivity index (χ1v) is 9.45. The number of hydrogen-bond acceptors (Lipinski definition) is 4. The zero-order valence-corrected chi connectivity index (χ0v) is 16.2. The van der Waals surface area contributed by atoms with Gasteiger partial charge in [-0.1, -0.05) is 35.9 Å². The van der Waals surface area contributed by atoms with E-state index in [0.29, 0.717) is 29.2 Å².